The van der Waals surface area contributed by atoms with Gasteiger partial charge in [-0.15, -0.1) is 0 Å². The third kappa shape index (κ3) is 2.05. The average molecular weight is 212 g/mol. The van der Waals surface area contributed by atoms with Crippen LogP contribution >= 0.6 is 0 Å². The van der Waals surface area contributed by atoms with Crippen LogP contribution in [0.25, 0.3) is 0 Å². The number of hydrogen-bond donors (Lipinski definition) is 1. The number of rotatable bonds is 4. The topological polar surface area (TPSA) is 38.5 Å². The van der Waals surface area contributed by atoms with Crippen LogP contribution in [-0.2, 0) is 4.74 Å². The van der Waals surface area contributed by atoms with Gasteiger partial charge in [0, 0.05) is 25.7 Å². The van der Waals surface area contributed by atoms with Gasteiger partial charge in [-0.1, -0.05) is 13.8 Å². The predicted molar refractivity (Wildman–Crippen MR) is 61.7 cm³/mol. The molecular formula is C12H24N2O. The minimum Gasteiger partial charge on any atom is -0.377 e. The van der Waals surface area contributed by atoms with Crippen LogP contribution in [-0.4, -0.2) is 42.8 Å². The zero-order chi connectivity index (χ0) is 11.0. The molecule has 0 aromatic heterocycles. The summed E-state index contributed by atoms with van der Waals surface area (Å²) >= 11 is 0. The molecule has 0 aromatic carbocycles. The molecule has 1 heterocycles. The van der Waals surface area contributed by atoms with E-state index in [0.717, 1.165) is 24.9 Å². The minimum absolute atomic E-state index is 0.342. The Kier molecular flexibility index (Phi) is 3.33. The number of hydrogen-bond acceptors (Lipinski definition) is 3. The highest BCUT2D eigenvalue weighted by atomic mass is 16.5. The Morgan fingerprint density at radius 2 is 2.07 bits per heavy atom. The van der Waals surface area contributed by atoms with Crippen molar-refractivity contribution in [2.45, 2.75) is 45.4 Å². The van der Waals surface area contributed by atoms with Gasteiger partial charge in [0.1, 0.15) is 0 Å². The summed E-state index contributed by atoms with van der Waals surface area (Å²) in [5, 5.41) is 0. The minimum atomic E-state index is 0.342. The van der Waals surface area contributed by atoms with E-state index in [1.54, 1.807) is 0 Å². The second kappa shape index (κ2) is 4.40. The fourth-order valence-corrected chi connectivity index (χ4v) is 2.73. The SMILES string of the molecule is CCOC1CC(N)C1N1CC(C(C)C)C1. The molecule has 0 radical (unpaired) electrons. The van der Waals surface area contributed by atoms with E-state index in [9.17, 15) is 0 Å². The van der Waals surface area contributed by atoms with Gasteiger partial charge >= 0.3 is 0 Å². The van der Waals surface area contributed by atoms with Crippen molar-refractivity contribution in [3.8, 4) is 0 Å². The molecule has 1 saturated carbocycles. The van der Waals surface area contributed by atoms with Crippen LogP contribution in [0.5, 0.6) is 0 Å². The molecule has 2 fully saturated rings. The molecule has 0 aromatic rings. The van der Waals surface area contributed by atoms with Crippen molar-refractivity contribution in [3.05, 3.63) is 0 Å². The first kappa shape index (κ1) is 11.4. The predicted octanol–water partition coefficient (Wildman–Crippen LogP) is 1.08. The molecule has 1 saturated heterocycles. The molecule has 0 spiro atoms. The Labute approximate surface area is 93.0 Å². The van der Waals surface area contributed by atoms with Crippen molar-refractivity contribution in [1.29, 1.82) is 0 Å². The van der Waals surface area contributed by atoms with E-state index in [1.165, 1.54) is 13.1 Å². The first-order chi connectivity index (χ1) is 7.13. The summed E-state index contributed by atoms with van der Waals surface area (Å²) in [5.41, 5.74) is 6.05. The van der Waals surface area contributed by atoms with Crippen molar-refractivity contribution in [2.75, 3.05) is 19.7 Å². The quantitative estimate of drug-likeness (QED) is 0.758. The summed E-state index contributed by atoms with van der Waals surface area (Å²) in [6, 6.07) is 0.842. The maximum atomic E-state index is 6.05. The molecule has 0 amide bonds. The third-order valence-corrected chi connectivity index (χ3v) is 4.01. The molecule has 1 aliphatic heterocycles. The van der Waals surface area contributed by atoms with E-state index in [1.807, 2.05) is 0 Å². The van der Waals surface area contributed by atoms with Crippen molar-refractivity contribution in [3.63, 3.8) is 0 Å². The molecule has 2 aliphatic rings. The second-order valence-electron chi connectivity index (χ2n) is 5.34. The van der Waals surface area contributed by atoms with Gasteiger partial charge in [-0.05, 0) is 25.2 Å². The Bertz CT molecular complexity index is 212. The van der Waals surface area contributed by atoms with Crippen LogP contribution in [0.15, 0.2) is 0 Å². The lowest BCUT2D eigenvalue weighted by Crippen LogP contribution is -2.69. The zero-order valence-electron chi connectivity index (χ0n) is 10.1. The fraction of sp³-hybridized carbons (Fsp3) is 1.00. The Morgan fingerprint density at radius 1 is 1.40 bits per heavy atom. The van der Waals surface area contributed by atoms with Crippen molar-refractivity contribution < 1.29 is 4.74 Å². The summed E-state index contributed by atoms with van der Waals surface area (Å²) < 4.78 is 5.69. The summed E-state index contributed by atoms with van der Waals surface area (Å²) in [7, 11) is 0. The maximum absolute atomic E-state index is 6.05. The van der Waals surface area contributed by atoms with Gasteiger partial charge in [0.15, 0.2) is 0 Å². The van der Waals surface area contributed by atoms with Crippen molar-refractivity contribution in [2.24, 2.45) is 17.6 Å². The molecule has 15 heavy (non-hydrogen) atoms. The van der Waals surface area contributed by atoms with Gasteiger partial charge in [-0.3, -0.25) is 4.90 Å². The average Bonchev–Trinajstić information content (AvgIpc) is 2.09. The molecule has 2 rings (SSSR count). The Morgan fingerprint density at radius 3 is 2.53 bits per heavy atom. The summed E-state index contributed by atoms with van der Waals surface area (Å²) in [6.07, 6.45) is 1.44. The molecule has 3 atom stereocenters. The van der Waals surface area contributed by atoms with Crippen molar-refractivity contribution in [1.82, 2.24) is 4.90 Å². The maximum Gasteiger partial charge on any atom is 0.0760 e. The number of likely N-dealkylation sites (tertiary alicyclic amines) is 1. The van der Waals surface area contributed by atoms with Crippen LogP contribution in [0.4, 0.5) is 0 Å². The fourth-order valence-electron chi connectivity index (χ4n) is 2.73. The monoisotopic (exact) mass is 212 g/mol. The molecule has 88 valence electrons. The summed E-state index contributed by atoms with van der Waals surface area (Å²) in [5.74, 6) is 1.68. The lowest BCUT2D eigenvalue weighted by Gasteiger charge is -2.55. The molecule has 1 aliphatic carbocycles. The van der Waals surface area contributed by atoms with Crippen molar-refractivity contribution >= 4 is 0 Å². The summed E-state index contributed by atoms with van der Waals surface area (Å²) in [4.78, 5) is 2.51. The van der Waals surface area contributed by atoms with E-state index >= 15 is 0 Å². The summed E-state index contributed by atoms with van der Waals surface area (Å²) in [6.45, 7) is 9.94. The molecule has 0 bridgehead atoms. The first-order valence-corrected chi connectivity index (χ1v) is 6.24. The van der Waals surface area contributed by atoms with Crippen LogP contribution < -0.4 is 5.73 Å². The van der Waals surface area contributed by atoms with Gasteiger partial charge < -0.3 is 10.5 Å². The van der Waals surface area contributed by atoms with Gasteiger partial charge in [-0.2, -0.15) is 0 Å². The highest BCUT2D eigenvalue weighted by Crippen LogP contribution is 2.34. The van der Waals surface area contributed by atoms with Gasteiger partial charge in [0.05, 0.1) is 12.1 Å². The van der Waals surface area contributed by atoms with Gasteiger partial charge in [0.25, 0.3) is 0 Å². The number of nitrogens with two attached hydrogens (primary N) is 1. The first-order valence-electron chi connectivity index (χ1n) is 6.24. The number of ether oxygens (including phenoxy) is 1. The highest BCUT2D eigenvalue weighted by molar-refractivity contribution is 5.04. The smallest absolute Gasteiger partial charge is 0.0760 e. The zero-order valence-corrected chi connectivity index (χ0v) is 10.1. The van der Waals surface area contributed by atoms with E-state index < -0.39 is 0 Å². The van der Waals surface area contributed by atoms with Crippen LogP contribution in [0.1, 0.15) is 27.2 Å². The normalized spacial score (nSPS) is 37.8. The van der Waals surface area contributed by atoms with E-state index in [2.05, 4.69) is 25.7 Å². The van der Waals surface area contributed by atoms with Crippen LogP contribution in [0, 0.1) is 11.8 Å². The van der Waals surface area contributed by atoms with E-state index in [4.69, 9.17) is 10.5 Å². The second-order valence-corrected chi connectivity index (χ2v) is 5.34. The Balaban J connectivity index is 1.79. The molecule has 2 N–H and O–H groups in total. The molecule has 3 unspecified atom stereocenters. The van der Waals surface area contributed by atoms with E-state index in [-0.39, 0.29) is 0 Å². The van der Waals surface area contributed by atoms with Gasteiger partial charge in [-0.25, -0.2) is 0 Å². The lowest BCUT2D eigenvalue weighted by molar-refractivity contribution is -0.116. The number of nitrogens with zero attached hydrogens (tertiary/aromatic N) is 1. The molecule has 3 nitrogen and oxygen atoms in total. The van der Waals surface area contributed by atoms with Gasteiger partial charge in [0.2, 0.25) is 0 Å². The lowest BCUT2D eigenvalue weighted by atomic mass is 9.77. The Hall–Kier alpha value is -0.120. The van der Waals surface area contributed by atoms with Crippen LogP contribution in [0.3, 0.4) is 0 Å². The standard InChI is InChI=1S/C12H24N2O/c1-4-15-11-5-10(13)12(11)14-6-9(7-14)8(2)3/h8-12H,4-7,13H2,1-3H3. The van der Waals surface area contributed by atoms with E-state index in [0.29, 0.717) is 18.2 Å². The third-order valence-electron chi connectivity index (χ3n) is 4.01. The molecular weight excluding hydrogens is 188 g/mol. The largest absolute Gasteiger partial charge is 0.377 e. The van der Waals surface area contributed by atoms with Crippen LogP contribution in [0.2, 0.25) is 0 Å². The highest BCUT2D eigenvalue weighted by Gasteiger charge is 2.47. The molecule has 3 heteroatoms.